The van der Waals surface area contributed by atoms with Crippen LogP contribution in [0, 0.1) is 5.92 Å². The van der Waals surface area contributed by atoms with Crippen molar-refractivity contribution >= 4 is 23.9 Å². The summed E-state index contributed by atoms with van der Waals surface area (Å²) in [6.45, 7) is 17.0. The van der Waals surface area contributed by atoms with Crippen molar-refractivity contribution in [2.45, 2.75) is 64.2 Å². The highest BCUT2D eigenvalue weighted by Gasteiger charge is 2.52. The van der Waals surface area contributed by atoms with Crippen LogP contribution in [0.4, 0.5) is 0 Å². The van der Waals surface area contributed by atoms with Crippen molar-refractivity contribution in [3.8, 4) is 11.5 Å². The Morgan fingerprint density at radius 3 is 2.33 bits per heavy atom. The molecule has 3 rings (SSSR count). The zero-order chi connectivity index (χ0) is 29.9. The molecule has 2 aliphatic heterocycles. The number of carbonyl (C=O) groups is 2. The molecule has 9 heteroatoms. The van der Waals surface area contributed by atoms with Crippen molar-refractivity contribution in [2.75, 3.05) is 40.9 Å². The van der Waals surface area contributed by atoms with Crippen LogP contribution in [-0.4, -0.2) is 80.8 Å². The van der Waals surface area contributed by atoms with Crippen molar-refractivity contribution in [3.05, 3.63) is 59.8 Å². The minimum atomic E-state index is -0.967. The van der Waals surface area contributed by atoms with Gasteiger partial charge in [0.05, 0.1) is 17.8 Å². The van der Waals surface area contributed by atoms with Gasteiger partial charge in [-0.1, -0.05) is 51.6 Å². The summed E-state index contributed by atoms with van der Waals surface area (Å²) < 4.78 is 17.4. The fourth-order valence-corrected chi connectivity index (χ4v) is 5.54. The number of allylic oxidation sites excluding steroid dienone is 1. The zero-order valence-corrected chi connectivity index (χ0v) is 25.6. The molecule has 1 fully saturated rings. The number of halogens is 1. The van der Waals surface area contributed by atoms with Gasteiger partial charge in [0, 0.05) is 51.5 Å². The van der Waals surface area contributed by atoms with E-state index in [0.717, 1.165) is 55.9 Å². The molecule has 40 heavy (non-hydrogen) atoms. The summed E-state index contributed by atoms with van der Waals surface area (Å²) in [6, 6.07) is 5.59. The van der Waals surface area contributed by atoms with Gasteiger partial charge in [-0.2, -0.15) is 0 Å². The van der Waals surface area contributed by atoms with E-state index in [-0.39, 0.29) is 18.1 Å². The van der Waals surface area contributed by atoms with E-state index in [4.69, 9.17) is 30.6 Å². The zero-order valence-electron chi connectivity index (χ0n) is 24.9. The first-order valence-corrected chi connectivity index (χ1v) is 14.3. The molecule has 0 aromatic heterocycles. The van der Waals surface area contributed by atoms with Crippen LogP contribution in [0.15, 0.2) is 54.8 Å². The Morgan fingerprint density at radius 2 is 1.85 bits per heavy atom. The van der Waals surface area contributed by atoms with Crippen molar-refractivity contribution in [2.24, 2.45) is 5.92 Å². The maximum atomic E-state index is 13.6. The molecule has 1 aromatic carbocycles. The number of benzene rings is 1. The quantitative estimate of drug-likeness (QED) is 0.324. The second-order valence-electron chi connectivity index (χ2n) is 10.2. The van der Waals surface area contributed by atoms with Crippen molar-refractivity contribution in [1.29, 1.82) is 0 Å². The summed E-state index contributed by atoms with van der Waals surface area (Å²) in [5.74, 6) is 1.71. The summed E-state index contributed by atoms with van der Waals surface area (Å²) in [4.78, 5) is 27.0. The second kappa shape index (κ2) is 15.8. The van der Waals surface area contributed by atoms with Crippen LogP contribution in [0.3, 0.4) is 0 Å². The number of carbonyl (C=O) groups excluding carboxylic acids is 2. The van der Waals surface area contributed by atoms with E-state index in [1.54, 1.807) is 39.5 Å². The largest absolute Gasteiger partial charge is 0.497 e. The van der Waals surface area contributed by atoms with Crippen LogP contribution in [-0.2, 0) is 14.3 Å². The molecule has 1 aromatic rings. The topological polar surface area (TPSA) is 80.3 Å². The highest BCUT2D eigenvalue weighted by Crippen LogP contribution is 2.42. The highest BCUT2D eigenvalue weighted by atomic mass is 35.5. The van der Waals surface area contributed by atoms with Crippen LogP contribution < -0.4 is 14.8 Å². The van der Waals surface area contributed by atoms with Crippen LogP contribution in [0.1, 0.15) is 46.5 Å². The number of nitrogens with one attached hydrogen (secondary N) is 1. The third-order valence-corrected chi connectivity index (χ3v) is 8.02. The molecule has 2 amide bonds. The van der Waals surface area contributed by atoms with Crippen molar-refractivity contribution in [3.63, 3.8) is 0 Å². The second-order valence-corrected chi connectivity index (χ2v) is 10.6. The lowest BCUT2D eigenvalue weighted by molar-refractivity contribution is -0.147. The normalized spacial score (nSPS) is 20.6. The molecule has 2 heterocycles. The third-order valence-electron chi connectivity index (χ3n) is 7.71. The van der Waals surface area contributed by atoms with Crippen LogP contribution in [0.25, 0.3) is 0 Å². The smallest absolute Gasteiger partial charge is 0.264 e. The van der Waals surface area contributed by atoms with Crippen molar-refractivity contribution in [1.82, 2.24) is 15.1 Å². The predicted molar refractivity (Wildman–Crippen MR) is 161 cm³/mol. The molecule has 0 bridgehead atoms. The number of nitrogens with zero attached hydrogens (tertiary/aromatic N) is 2. The van der Waals surface area contributed by atoms with Gasteiger partial charge in [-0.05, 0) is 49.8 Å². The summed E-state index contributed by atoms with van der Waals surface area (Å²) >= 11 is 6.38. The number of ether oxygens (including phenoxy) is 3. The Bertz CT molecular complexity index is 1050. The summed E-state index contributed by atoms with van der Waals surface area (Å²) in [6.07, 6.45) is 7.41. The molecule has 1 N–H and O–H groups in total. The molecule has 0 radical (unpaired) electrons. The van der Waals surface area contributed by atoms with Gasteiger partial charge in [0.2, 0.25) is 6.41 Å². The van der Waals surface area contributed by atoms with Crippen LogP contribution in [0.5, 0.6) is 11.5 Å². The first-order valence-electron chi connectivity index (χ1n) is 13.9. The Hall–Kier alpha value is -2.81. The molecule has 2 aliphatic rings. The first kappa shape index (κ1) is 33.4. The maximum absolute atomic E-state index is 13.6. The molecule has 8 nitrogen and oxygen atoms in total. The van der Waals surface area contributed by atoms with E-state index < -0.39 is 5.60 Å². The van der Waals surface area contributed by atoms with E-state index in [2.05, 4.69) is 37.2 Å². The molecule has 0 spiro atoms. The molecule has 2 unspecified atom stereocenters. The van der Waals surface area contributed by atoms with Crippen LogP contribution in [0.2, 0.25) is 5.02 Å². The van der Waals surface area contributed by atoms with Gasteiger partial charge >= 0.3 is 0 Å². The average Bonchev–Trinajstić information content (AvgIpc) is 3.23. The Morgan fingerprint density at radius 1 is 1.20 bits per heavy atom. The van der Waals surface area contributed by atoms with Gasteiger partial charge in [0.15, 0.2) is 5.60 Å². The number of hydrogen-bond donors (Lipinski definition) is 1. The monoisotopic (exact) mass is 575 g/mol. The van der Waals surface area contributed by atoms with Crippen molar-refractivity contribution < 1.29 is 23.8 Å². The molecule has 0 aliphatic carbocycles. The molecular weight excluding hydrogens is 530 g/mol. The standard InChI is InChI=1S/C29H41ClN2O4.C2H5NO/c1-8-23-25(9-2)32(28(33)29(23,10-3)35-7)21-13-16-31(17-14-21)18-15-26(20(4)5)36-27-19-22(34-6)11-12-24(27)30;1-3-2-4/h8-9,11-12,19-21,26H,1-2,10,13-18H2,3-7H3;2H,1H3,(H,3,4). The minimum absolute atomic E-state index is 0.000750. The highest BCUT2D eigenvalue weighted by molar-refractivity contribution is 6.32. The molecular formula is C31H46ClN3O5. The van der Waals surface area contributed by atoms with Gasteiger partial charge < -0.3 is 29.3 Å². The number of amides is 2. The van der Waals surface area contributed by atoms with Gasteiger partial charge in [0.1, 0.15) is 17.6 Å². The molecule has 0 saturated carbocycles. The summed E-state index contributed by atoms with van der Waals surface area (Å²) in [5, 5.41) is 2.83. The molecule has 1 saturated heterocycles. The summed E-state index contributed by atoms with van der Waals surface area (Å²) in [7, 11) is 4.80. The van der Waals surface area contributed by atoms with E-state index in [1.165, 1.54) is 0 Å². The Kier molecular flexibility index (Phi) is 13.2. The Labute approximate surface area is 245 Å². The lowest BCUT2D eigenvalue weighted by atomic mass is 9.91. The van der Waals surface area contributed by atoms with E-state index in [0.29, 0.717) is 29.5 Å². The number of hydrogen-bond acceptors (Lipinski definition) is 6. The lowest BCUT2D eigenvalue weighted by Gasteiger charge is -2.39. The van der Waals surface area contributed by atoms with Crippen LogP contribution >= 0.6 is 11.6 Å². The molecule has 222 valence electrons. The first-order chi connectivity index (χ1) is 19.2. The van der Waals surface area contributed by atoms with Gasteiger partial charge in [-0.15, -0.1) is 0 Å². The van der Waals surface area contributed by atoms with Gasteiger partial charge in [0.25, 0.3) is 5.91 Å². The SMILES string of the molecule is C=CC1=C(C=C)C(CC)(OC)C(=O)N1C1CCN(CCC(Oc2cc(OC)ccc2Cl)C(C)C)CC1.CNC=O. The minimum Gasteiger partial charge on any atom is -0.497 e. The van der Waals surface area contributed by atoms with E-state index in [9.17, 15) is 4.79 Å². The Balaban J connectivity index is 0.00000131. The third kappa shape index (κ3) is 7.47. The number of methoxy groups -OCH3 is 2. The fourth-order valence-electron chi connectivity index (χ4n) is 5.38. The van der Waals surface area contributed by atoms with E-state index in [1.807, 2.05) is 24.0 Å². The summed E-state index contributed by atoms with van der Waals surface area (Å²) in [5.41, 5.74) is 0.690. The average molecular weight is 576 g/mol. The predicted octanol–water partition coefficient (Wildman–Crippen LogP) is 5.23. The van der Waals surface area contributed by atoms with Gasteiger partial charge in [-0.3, -0.25) is 9.59 Å². The lowest BCUT2D eigenvalue weighted by Crippen LogP contribution is -2.50. The van der Waals surface area contributed by atoms with Gasteiger partial charge in [-0.25, -0.2) is 0 Å². The van der Waals surface area contributed by atoms with E-state index >= 15 is 0 Å². The maximum Gasteiger partial charge on any atom is 0.264 e. The number of rotatable bonds is 13. The molecule has 2 atom stereocenters. The fraction of sp³-hybridized carbons (Fsp3) is 0.548. The number of piperidine rings is 1. The number of likely N-dealkylation sites (tertiary alicyclic amines) is 1.